The van der Waals surface area contributed by atoms with E-state index in [1.54, 1.807) is 24.3 Å². The number of anilines is 6. The molecule has 0 radical (unpaired) electrons. The molecule has 62 heavy (non-hydrogen) atoms. The van der Waals surface area contributed by atoms with Crippen LogP contribution in [0.4, 0.5) is 42.9 Å². The van der Waals surface area contributed by atoms with Gasteiger partial charge in [-0.15, -0.1) is 0 Å². The Morgan fingerprint density at radius 1 is 0.323 bits per heavy atom. The highest BCUT2D eigenvalue weighted by Gasteiger charge is 2.47. The van der Waals surface area contributed by atoms with Crippen molar-refractivity contribution in [2.75, 3.05) is 9.80 Å². The molecule has 0 amide bonds. The average molecular weight is 794 g/mol. The first-order chi connectivity index (χ1) is 30.6. The third-order valence-corrected chi connectivity index (χ3v) is 14.1. The average Bonchev–Trinajstić information content (AvgIpc) is 3.83. The third kappa shape index (κ3) is 3.94. The van der Waals surface area contributed by atoms with Gasteiger partial charge in [-0.2, -0.15) is 0 Å². The maximum Gasteiger partial charge on any atom is 0.252 e. The van der Waals surface area contributed by atoms with Crippen LogP contribution in [0.25, 0.3) is 55.0 Å². The molecule has 6 heterocycles. The monoisotopic (exact) mass is 794 g/mol. The van der Waals surface area contributed by atoms with Crippen LogP contribution >= 0.6 is 0 Å². The highest BCUT2D eigenvalue weighted by Crippen LogP contribution is 2.46. The second-order valence-electron chi connectivity index (χ2n) is 17.1. The second kappa shape index (κ2) is 11.5. The molecule has 4 aliphatic heterocycles. The Bertz CT molecular complexity index is 3570. The molecule has 0 aliphatic carbocycles. The molecular weight excluding hydrogens is 764 g/mol. The molecule has 9 aromatic carbocycles. The van der Waals surface area contributed by atoms with Crippen molar-refractivity contribution in [3.63, 3.8) is 0 Å². The van der Waals surface area contributed by atoms with Crippen LogP contribution in [0.5, 0.6) is 0 Å². The number of halogens is 2. The summed E-state index contributed by atoms with van der Waals surface area (Å²) in [6.45, 7) is -0.405. The van der Waals surface area contributed by atoms with Gasteiger partial charge in [0.1, 0.15) is 11.6 Å². The van der Waals surface area contributed by atoms with Crippen molar-refractivity contribution in [2.24, 2.45) is 0 Å². The van der Waals surface area contributed by atoms with Crippen molar-refractivity contribution >= 4 is 124 Å². The Labute approximate surface area is 355 Å². The maximum absolute atomic E-state index is 16.5. The first kappa shape index (κ1) is 33.0. The van der Waals surface area contributed by atoms with E-state index in [9.17, 15) is 0 Å². The molecule has 286 valence electrons. The fourth-order valence-electron chi connectivity index (χ4n) is 12.0. The predicted molar refractivity (Wildman–Crippen MR) is 254 cm³/mol. The minimum atomic E-state index is -0.293. The summed E-state index contributed by atoms with van der Waals surface area (Å²) in [4.78, 5) is 4.50. The van der Waals surface area contributed by atoms with Crippen molar-refractivity contribution in [3.8, 4) is 11.4 Å². The van der Waals surface area contributed by atoms with E-state index in [2.05, 4.69) is 140 Å². The highest BCUT2D eigenvalue weighted by molar-refractivity contribution is 7.03. The Balaban J connectivity index is 1.12. The molecule has 0 spiro atoms. The SMILES string of the molecule is Fc1cc2c3c(c1)-n1c4ccccc4c4cccc(c41)B3c1cc3c(cc1N2c1ccccc1)N(c1ccccc1)c1cc(F)cc2c1B3c1cccc3c4ccccc4n-2c13. The number of rotatable bonds is 2. The van der Waals surface area contributed by atoms with Gasteiger partial charge in [-0.25, -0.2) is 8.78 Å². The van der Waals surface area contributed by atoms with Crippen LogP contribution in [0.2, 0.25) is 0 Å². The molecular formula is C54H30B2F2N4. The summed E-state index contributed by atoms with van der Waals surface area (Å²) in [7, 11) is 0. The molecule has 4 nitrogen and oxygen atoms in total. The topological polar surface area (TPSA) is 16.3 Å². The Morgan fingerprint density at radius 3 is 1.19 bits per heavy atom. The molecule has 0 fully saturated rings. The fraction of sp³-hybridized carbons (Fsp3) is 0. The number of nitrogens with zero attached hydrogens (tertiary/aromatic N) is 4. The number of aromatic nitrogens is 2. The van der Waals surface area contributed by atoms with E-state index < -0.39 is 0 Å². The molecule has 0 atom stereocenters. The van der Waals surface area contributed by atoms with Gasteiger partial charge in [0.2, 0.25) is 0 Å². The van der Waals surface area contributed by atoms with Crippen LogP contribution in [0.3, 0.4) is 0 Å². The molecule has 8 heteroatoms. The first-order valence-electron chi connectivity index (χ1n) is 21.2. The van der Waals surface area contributed by atoms with Crippen LogP contribution in [0, 0.1) is 11.6 Å². The van der Waals surface area contributed by atoms with Gasteiger partial charge < -0.3 is 18.9 Å². The van der Waals surface area contributed by atoms with Crippen LogP contribution in [-0.2, 0) is 0 Å². The van der Waals surface area contributed by atoms with Gasteiger partial charge in [-0.3, -0.25) is 0 Å². The summed E-state index contributed by atoms with van der Waals surface area (Å²) in [6.07, 6.45) is 0. The first-order valence-corrected chi connectivity index (χ1v) is 21.2. The van der Waals surface area contributed by atoms with E-state index in [0.717, 1.165) is 111 Å². The second-order valence-corrected chi connectivity index (χ2v) is 17.1. The lowest BCUT2D eigenvalue weighted by molar-refractivity contribution is 0.627. The highest BCUT2D eigenvalue weighted by atomic mass is 19.1. The van der Waals surface area contributed by atoms with E-state index in [1.165, 1.54) is 10.9 Å². The quantitative estimate of drug-likeness (QED) is 0.162. The van der Waals surface area contributed by atoms with E-state index in [1.807, 2.05) is 36.4 Å². The standard InChI is InChI=1S/C54H30B2F2N4/c57-31-25-47-51-49(27-31)61-43-23-9-7-17-35(43)37-19-11-21-39(53(37)61)55(51)41-29-42-46(30-45(41)59(47)33-13-3-1-4-14-33)60(34-15-5-2-6-16-34)48-26-32(58)28-50-52(48)56(42)40-22-12-20-38-36-18-8-10-24-44(36)62(50)54(38)40/h1-30H. The van der Waals surface area contributed by atoms with Gasteiger partial charge >= 0.3 is 0 Å². The zero-order valence-electron chi connectivity index (χ0n) is 33.0. The van der Waals surface area contributed by atoms with Gasteiger partial charge in [0.25, 0.3) is 13.4 Å². The molecule has 4 aliphatic rings. The van der Waals surface area contributed by atoms with Crippen molar-refractivity contribution in [2.45, 2.75) is 0 Å². The zero-order valence-corrected chi connectivity index (χ0v) is 33.0. The summed E-state index contributed by atoms with van der Waals surface area (Å²) in [6, 6.07) is 62.6. The van der Waals surface area contributed by atoms with E-state index in [4.69, 9.17) is 0 Å². The number of hydrogen-bond donors (Lipinski definition) is 0. The maximum atomic E-state index is 16.5. The normalized spacial score (nSPS) is 13.8. The van der Waals surface area contributed by atoms with Crippen molar-refractivity contribution in [1.82, 2.24) is 9.13 Å². The minimum Gasteiger partial charge on any atom is -0.311 e. The predicted octanol–water partition coefficient (Wildman–Crippen LogP) is 9.38. The molecule has 2 aromatic heterocycles. The number of para-hydroxylation sites is 6. The Hall–Kier alpha value is -7.83. The summed E-state index contributed by atoms with van der Waals surface area (Å²) in [5, 5.41) is 4.60. The third-order valence-electron chi connectivity index (χ3n) is 14.1. The van der Waals surface area contributed by atoms with E-state index >= 15 is 8.78 Å². The summed E-state index contributed by atoms with van der Waals surface area (Å²) in [5.41, 5.74) is 18.3. The van der Waals surface area contributed by atoms with Crippen molar-refractivity contribution in [1.29, 1.82) is 0 Å². The molecule has 0 bridgehead atoms. The van der Waals surface area contributed by atoms with Crippen LogP contribution in [0.15, 0.2) is 182 Å². The van der Waals surface area contributed by atoms with E-state index in [-0.39, 0.29) is 25.1 Å². The van der Waals surface area contributed by atoms with Gasteiger partial charge in [0.15, 0.2) is 0 Å². The number of benzene rings is 9. The molecule has 11 aromatic rings. The number of hydrogen-bond acceptors (Lipinski definition) is 2. The van der Waals surface area contributed by atoms with Gasteiger partial charge in [-0.05, 0) is 99.5 Å². The lowest BCUT2D eigenvalue weighted by Crippen LogP contribution is -2.64. The van der Waals surface area contributed by atoms with Crippen LogP contribution in [-0.4, -0.2) is 22.6 Å². The van der Waals surface area contributed by atoms with Crippen LogP contribution < -0.4 is 42.6 Å². The summed E-state index contributed by atoms with van der Waals surface area (Å²) < 4.78 is 37.7. The van der Waals surface area contributed by atoms with Gasteiger partial charge in [0.05, 0.1) is 11.0 Å². The molecule has 0 unspecified atom stereocenters. The molecule has 0 saturated heterocycles. The fourth-order valence-corrected chi connectivity index (χ4v) is 12.0. The molecule has 15 rings (SSSR count). The molecule has 0 N–H and O–H groups in total. The summed E-state index contributed by atoms with van der Waals surface area (Å²) >= 11 is 0. The Kier molecular flexibility index (Phi) is 6.11. The van der Waals surface area contributed by atoms with Gasteiger partial charge in [0, 0.05) is 78.1 Å². The minimum absolute atomic E-state index is 0.202. The summed E-state index contributed by atoms with van der Waals surface area (Å²) in [5.74, 6) is -0.586. The van der Waals surface area contributed by atoms with Crippen LogP contribution in [0.1, 0.15) is 0 Å². The van der Waals surface area contributed by atoms with E-state index in [0.29, 0.717) is 0 Å². The number of fused-ring (bicyclic) bond motifs is 14. The lowest BCUT2D eigenvalue weighted by Gasteiger charge is -2.44. The Morgan fingerprint density at radius 2 is 0.726 bits per heavy atom. The van der Waals surface area contributed by atoms with Crippen molar-refractivity contribution < 1.29 is 8.78 Å². The van der Waals surface area contributed by atoms with Gasteiger partial charge in [-0.1, -0.05) is 115 Å². The largest absolute Gasteiger partial charge is 0.311 e. The van der Waals surface area contributed by atoms with Crippen molar-refractivity contribution in [3.05, 3.63) is 194 Å². The molecule has 0 saturated carbocycles. The smallest absolute Gasteiger partial charge is 0.252 e. The lowest BCUT2D eigenvalue weighted by atomic mass is 9.30. The zero-order chi connectivity index (χ0) is 40.5.